The number of rotatable bonds is 11. The lowest BCUT2D eigenvalue weighted by molar-refractivity contribution is -0.118. The number of para-hydroxylation sites is 1. The van der Waals surface area contributed by atoms with Crippen molar-refractivity contribution in [2.75, 3.05) is 26.5 Å². The predicted molar refractivity (Wildman–Crippen MR) is 135 cm³/mol. The first-order chi connectivity index (χ1) is 17.1. The Morgan fingerprint density at radius 2 is 1.83 bits per heavy atom. The highest BCUT2D eigenvalue weighted by molar-refractivity contribution is 8.00. The fraction of sp³-hybridized carbons (Fsp3) is 0.231. The lowest BCUT2D eigenvalue weighted by Gasteiger charge is -2.10. The van der Waals surface area contributed by atoms with Gasteiger partial charge < -0.3 is 29.1 Å². The zero-order chi connectivity index (χ0) is 24.6. The number of fused-ring (bicyclic) bond motifs is 1. The van der Waals surface area contributed by atoms with Crippen LogP contribution in [-0.4, -0.2) is 42.9 Å². The highest BCUT2D eigenvalue weighted by atomic mass is 32.2. The molecule has 8 nitrogen and oxygen atoms in total. The molecule has 0 bridgehead atoms. The van der Waals surface area contributed by atoms with Crippen LogP contribution in [0.5, 0.6) is 11.5 Å². The molecular weight excluding hydrogens is 466 g/mol. The van der Waals surface area contributed by atoms with E-state index in [0.29, 0.717) is 42.4 Å². The molecule has 0 fully saturated rings. The summed E-state index contributed by atoms with van der Waals surface area (Å²) in [5.74, 6) is 1.84. The van der Waals surface area contributed by atoms with Gasteiger partial charge in [-0.15, -0.1) is 11.8 Å². The van der Waals surface area contributed by atoms with Gasteiger partial charge in [0.15, 0.2) is 11.5 Å². The first-order valence-electron chi connectivity index (χ1n) is 11.1. The second-order valence-corrected chi connectivity index (χ2v) is 8.69. The number of amides is 2. The van der Waals surface area contributed by atoms with Crippen LogP contribution in [0.4, 0.5) is 0 Å². The van der Waals surface area contributed by atoms with Gasteiger partial charge in [0.1, 0.15) is 5.76 Å². The maximum atomic E-state index is 12.6. The second-order valence-electron chi connectivity index (χ2n) is 7.67. The summed E-state index contributed by atoms with van der Waals surface area (Å²) >= 11 is 1.48. The Morgan fingerprint density at radius 3 is 2.60 bits per heavy atom. The van der Waals surface area contributed by atoms with Gasteiger partial charge in [-0.3, -0.25) is 9.59 Å². The molecule has 35 heavy (non-hydrogen) atoms. The van der Waals surface area contributed by atoms with Crippen molar-refractivity contribution in [3.63, 3.8) is 0 Å². The second kappa shape index (κ2) is 11.5. The number of methoxy groups -OCH3 is 2. The Morgan fingerprint density at radius 1 is 1.00 bits per heavy atom. The van der Waals surface area contributed by atoms with E-state index in [4.69, 9.17) is 13.9 Å². The van der Waals surface area contributed by atoms with Gasteiger partial charge in [-0.25, -0.2) is 0 Å². The minimum atomic E-state index is -0.190. The van der Waals surface area contributed by atoms with Crippen molar-refractivity contribution in [2.45, 2.75) is 18.0 Å². The quantitative estimate of drug-likeness (QED) is 0.306. The van der Waals surface area contributed by atoms with Crippen LogP contribution in [-0.2, 0) is 17.9 Å². The number of carbonyl (C=O) groups excluding carboxylic acids is 2. The third-order valence-corrected chi connectivity index (χ3v) is 6.48. The summed E-state index contributed by atoms with van der Waals surface area (Å²) < 4.78 is 17.8. The first kappa shape index (κ1) is 24.3. The Kier molecular flexibility index (Phi) is 7.99. The van der Waals surface area contributed by atoms with E-state index in [-0.39, 0.29) is 11.8 Å². The van der Waals surface area contributed by atoms with Gasteiger partial charge in [0.05, 0.1) is 32.8 Å². The van der Waals surface area contributed by atoms with Crippen molar-refractivity contribution < 1.29 is 23.5 Å². The van der Waals surface area contributed by atoms with Gasteiger partial charge in [-0.1, -0.05) is 18.2 Å². The molecule has 0 saturated heterocycles. The molecule has 0 radical (unpaired) electrons. The summed E-state index contributed by atoms with van der Waals surface area (Å²) in [7, 11) is 3.09. The van der Waals surface area contributed by atoms with Crippen molar-refractivity contribution in [3.8, 4) is 11.5 Å². The molecule has 2 aromatic carbocycles. The van der Waals surface area contributed by atoms with Gasteiger partial charge in [0, 0.05) is 40.6 Å². The maximum Gasteiger partial charge on any atom is 0.251 e. The van der Waals surface area contributed by atoms with Crippen molar-refractivity contribution in [1.82, 2.24) is 15.2 Å². The molecule has 0 saturated carbocycles. The lowest BCUT2D eigenvalue weighted by Crippen LogP contribution is -2.27. The number of furan rings is 1. The normalized spacial score (nSPS) is 10.8. The van der Waals surface area contributed by atoms with Crippen LogP contribution in [0.15, 0.2) is 76.4 Å². The molecule has 0 atom stereocenters. The molecule has 2 amide bonds. The Balaban J connectivity index is 1.35. The molecule has 0 aliphatic rings. The highest BCUT2D eigenvalue weighted by Crippen LogP contribution is 2.30. The van der Waals surface area contributed by atoms with Crippen LogP contribution in [0.2, 0.25) is 0 Å². The Hall–Kier alpha value is -3.85. The van der Waals surface area contributed by atoms with E-state index in [0.717, 1.165) is 21.6 Å². The molecule has 0 spiro atoms. The van der Waals surface area contributed by atoms with E-state index in [1.165, 1.54) is 18.9 Å². The predicted octanol–water partition coefficient (Wildman–Crippen LogP) is 4.09. The number of carbonyl (C=O) groups is 2. The SMILES string of the molecule is COc1ccc(C(=O)NCCn2cc(SCC(=O)NCc3ccco3)c3ccccc32)cc1OC. The van der Waals surface area contributed by atoms with Gasteiger partial charge in [-0.2, -0.15) is 0 Å². The van der Waals surface area contributed by atoms with Gasteiger partial charge >= 0.3 is 0 Å². The number of hydrogen-bond donors (Lipinski definition) is 2. The standard InChI is InChI=1S/C26H27N3O5S/c1-32-22-10-9-18(14-23(22)33-2)26(31)27-11-12-29-16-24(20-7-3-4-8-21(20)29)35-17-25(30)28-15-19-6-5-13-34-19/h3-10,13-14,16H,11-12,15,17H2,1-2H3,(H,27,31)(H,28,30). The number of ether oxygens (including phenoxy) is 2. The molecule has 9 heteroatoms. The van der Waals surface area contributed by atoms with E-state index < -0.39 is 0 Å². The first-order valence-corrected chi connectivity index (χ1v) is 12.1. The molecular formula is C26H27N3O5S. The van der Waals surface area contributed by atoms with Crippen LogP contribution in [0.25, 0.3) is 10.9 Å². The number of thioether (sulfide) groups is 1. The van der Waals surface area contributed by atoms with Crippen molar-refractivity contribution in [1.29, 1.82) is 0 Å². The van der Waals surface area contributed by atoms with Crippen LogP contribution < -0.4 is 20.1 Å². The molecule has 4 rings (SSSR count). The van der Waals surface area contributed by atoms with Crippen LogP contribution in [0, 0.1) is 0 Å². The molecule has 2 N–H and O–H groups in total. The number of nitrogens with one attached hydrogen (secondary N) is 2. The molecule has 0 unspecified atom stereocenters. The van der Waals surface area contributed by atoms with Crippen molar-refractivity contribution in [2.24, 2.45) is 0 Å². The minimum Gasteiger partial charge on any atom is -0.493 e. The average molecular weight is 494 g/mol. The number of benzene rings is 2. The number of aromatic nitrogens is 1. The summed E-state index contributed by atoms with van der Waals surface area (Å²) in [5.41, 5.74) is 1.54. The zero-order valence-electron chi connectivity index (χ0n) is 19.6. The topological polar surface area (TPSA) is 94.7 Å². The summed E-state index contributed by atoms with van der Waals surface area (Å²) in [6, 6.07) is 16.7. The van der Waals surface area contributed by atoms with Crippen LogP contribution in [0.1, 0.15) is 16.1 Å². The van der Waals surface area contributed by atoms with E-state index in [1.807, 2.05) is 36.5 Å². The van der Waals surface area contributed by atoms with Gasteiger partial charge in [0.25, 0.3) is 5.91 Å². The summed E-state index contributed by atoms with van der Waals surface area (Å²) in [5, 5.41) is 6.89. The molecule has 4 aromatic rings. The smallest absolute Gasteiger partial charge is 0.251 e. The molecule has 0 aliphatic carbocycles. The number of hydrogen-bond acceptors (Lipinski definition) is 6. The fourth-order valence-electron chi connectivity index (χ4n) is 3.68. The number of nitrogens with zero attached hydrogens (tertiary/aromatic N) is 1. The maximum absolute atomic E-state index is 12.6. The average Bonchev–Trinajstić information content (AvgIpc) is 3.54. The monoisotopic (exact) mass is 493 g/mol. The zero-order valence-corrected chi connectivity index (χ0v) is 20.4. The lowest BCUT2D eigenvalue weighted by atomic mass is 10.2. The van der Waals surface area contributed by atoms with Crippen molar-refractivity contribution >= 4 is 34.5 Å². The van der Waals surface area contributed by atoms with Crippen LogP contribution in [0.3, 0.4) is 0 Å². The van der Waals surface area contributed by atoms with E-state index in [1.54, 1.807) is 37.6 Å². The fourth-order valence-corrected chi connectivity index (χ4v) is 4.59. The molecule has 2 aromatic heterocycles. The summed E-state index contributed by atoms with van der Waals surface area (Å²) in [4.78, 5) is 25.9. The summed E-state index contributed by atoms with van der Waals surface area (Å²) in [6.07, 6.45) is 3.61. The van der Waals surface area contributed by atoms with Gasteiger partial charge in [0.2, 0.25) is 5.91 Å². The van der Waals surface area contributed by atoms with E-state index >= 15 is 0 Å². The van der Waals surface area contributed by atoms with Gasteiger partial charge in [-0.05, 0) is 36.4 Å². The third-order valence-electron chi connectivity index (χ3n) is 5.43. The molecule has 0 aliphatic heterocycles. The molecule has 182 valence electrons. The Bertz CT molecular complexity index is 1300. The minimum absolute atomic E-state index is 0.0644. The largest absolute Gasteiger partial charge is 0.493 e. The summed E-state index contributed by atoms with van der Waals surface area (Å²) in [6.45, 7) is 1.40. The highest BCUT2D eigenvalue weighted by Gasteiger charge is 2.13. The third kappa shape index (κ3) is 5.99. The van der Waals surface area contributed by atoms with Crippen molar-refractivity contribution in [3.05, 3.63) is 78.4 Å². The van der Waals surface area contributed by atoms with Crippen LogP contribution >= 0.6 is 11.8 Å². The molecule has 2 heterocycles. The van der Waals surface area contributed by atoms with E-state index in [9.17, 15) is 9.59 Å². The van der Waals surface area contributed by atoms with E-state index in [2.05, 4.69) is 15.2 Å². The Labute approximate surface area is 207 Å².